The van der Waals surface area contributed by atoms with Crippen LogP contribution in [-0.2, 0) is 9.59 Å². The van der Waals surface area contributed by atoms with E-state index in [1.807, 2.05) is 5.43 Å². The van der Waals surface area contributed by atoms with Gasteiger partial charge in [-0.2, -0.15) is 0 Å². The summed E-state index contributed by atoms with van der Waals surface area (Å²) in [5, 5.41) is 0. The van der Waals surface area contributed by atoms with Crippen LogP contribution in [0.1, 0.15) is 39.5 Å². The van der Waals surface area contributed by atoms with Gasteiger partial charge >= 0.3 is 0 Å². The summed E-state index contributed by atoms with van der Waals surface area (Å²) in [6, 6.07) is 0. The quantitative estimate of drug-likeness (QED) is 0.232. The number of rotatable bonds is 7. The van der Waals surface area contributed by atoms with Crippen molar-refractivity contribution in [2.75, 3.05) is 32.7 Å². The van der Waals surface area contributed by atoms with Gasteiger partial charge in [-0.05, 0) is 18.9 Å². The van der Waals surface area contributed by atoms with E-state index in [4.69, 9.17) is 5.84 Å². The largest absolute Gasteiger partial charge is 0.340 e. The van der Waals surface area contributed by atoms with Gasteiger partial charge < -0.3 is 4.90 Å². The van der Waals surface area contributed by atoms with Gasteiger partial charge in [0.05, 0.1) is 0 Å². The highest BCUT2D eigenvalue weighted by Crippen LogP contribution is 2.09. The third-order valence-electron chi connectivity index (χ3n) is 3.70. The lowest BCUT2D eigenvalue weighted by Gasteiger charge is -2.34. The molecular weight excluding hydrogens is 256 g/mol. The predicted octanol–water partition coefficient (Wildman–Crippen LogP) is 0.337. The molecule has 0 aromatic heterocycles. The molecule has 0 aliphatic carbocycles. The van der Waals surface area contributed by atoms with Crippen molar-refractivity contribution in [2.45, 2.75) is 39.5 Å². The van der Waals surface area contributed by atoms with Crippen molar-refractivity contribution in [2.24, 2.45) is 11.8 Å². The third-order valence-corrected chi connectivity index (χ3v) is 3.70. The molecule has 0 atom stereocenters. The molecule has 0 aromatic rings. The fourth-order valence-electron chi connectivity index (χ4n) is 2.41. The Morgan fingerprint density at radius 1 is 1.15 bits per heavy atom. The van der Waals surface area contributed by atoms with Crippen molar-refractivity contribution in [1.29, 1.82) is 0 Å². The molecule has 1 aliphatic rings. The fraction of sp³-hybridized carbons (Fsp3) is 0.857. The van der Waals surface area contributed by atoms with Crippen LogP contribution in [0.25, 0.3) is 0 Å². The minimum absolute atomic E-state index is 0.132. The first-order valence-corrected chi connectivity index (χ1v) is 7.52. The number of amides is 2. The van der Waals surface area contributed by atoms with E-state index in [1.54, 1.807) is 4.90 Å². The topological polar surface area (TPSA) is 78.7 Å². The Labute approximate surface area is 121 Å². The van der Waals surface area contributed by atoms with Gasteiger partial charge in [0.25, 0.3) is 0 Å². The van der Waals surface area contributed by atoms with Crippen molar-refractivity contribution < 1.29 is 9.59 Å². The molecule has 1 aliphatic heterocycles. The minimum atomic E-state index is -0.425. The number of hydrazine groups is 1. The molecule has 20 heavy (non-hydrogen) atoms. The van der Waals surface area contributed by atoms with Crippen LogP contribution in [0.3, 0.4) is 0 Å². The van der Waals surface area contributed by atoms with E-state index in [1.165, 1.54) is 19.3 Å². The zero-order chi connectivity index (χ0) is 15.0. The van der Waals surface area contributed by atoms with Crippen molar-refractivity contribution in [3.63, 3.8) is 0 Å². The number of hydrogen-bond donors (Lipinski definition) is 2. The van der Waals surface area contributed by atoms with Crippen LogP contribution < -0.4 is 11.3 Å². The van der Waals surface area contributed by atoms with Crippen LogP contribution in [0.15, 0.2) is 0 Å². The average molecular weight is 284 g/mol. The molecule has 6 heteroatoms. The summed E-state index contributed by atoms with van der Waals surface area (Å²) >= 11 is 0. The summed E-state index contributed by atoms with van der Waals surface area (Å²) in [5.41, 5.74) is 1.99. The van der Waals surface area contributed by atoms with Gasteiger partial charge in [-0.1, -0.05) is 26.7 Å². The van der Waals surface area contributed by atoms with Crippen molar-refractivity contribution in [1.82, 2.24) is 15.2 Å². The van der Waals surface area contributed by atoms with Crippen LogP contribution in [0.2, 0.25) is 0 Å². The molecule has 0 bridgehead atoms. The van der Waals surface area contributed by atoms with Gasteiger partial charge in [-0.15, -0.1) is 0 Å². The van der Waals surface area contributed by atoms with Gasteiger partial charge in [0.1, 0.15) is 6.42 Å². The standard InChI is InChI=1S/C14H28N4O2/c1-12(2)5-3-4-6-17-7-9-18(10-8-17)14(20)11-13(19)16-15/h12H,3-11,15H2,1-2H3,(H,16,19). The van der Waals surface area contributed by atoms with Gasteiger partial charge in [0, 0.05) is 26.2 Å². The van der Waals surface area contributed by atoms with Crippen molar-refractivity contribution >= 4 is 11.8 Å². The lowest BCUT2D eigenvalue weighted by atomic mass is 10.1. The SMILES string of the molecule is CC(C)CCCCN1CCN(C(=O)CC(=O)NN)CC1. The number of nitrogens with one attached hydrogen (secondary N) is 1. The van der Waals surface area contributed by atoms with Gasteiger partial charge in [-0.25, -0.2) is 5.84 Å². The molecule has 0 spiro atoms. The number of hydrogen-bond acceptors (Lipinski definition) is 4. The molecular formula is C14H28N4O2. The fourth-order valence-corrected chi connectivity index (χ4v) is 2.41. The summed E-state index contributed by atoms with van der Waals surface area (Å²) in [5.74, 6) is 5.20. The van der Waals surface area contributed by atoms with E-state index in [2.05, 4.69) is 18.7 Å². The van der Waals surface area contributed by atoms with E-state index in [0.717, 1.165) is 25.6 Å². The summed E-state index contributed by atoms with van der Waals surface area (Å²) in [4.78, 5) is 27.0. The van der Waals surface area contributed by atoms with Crippen LogP contribution in [0, 0.1) is 5.92 Å². The number of carbonyl (C=O) groups excluding carboxylic acids is 2. The molecule has 1 saturated heterocycles. The molecule has 6 nitrogen and oxygen atoms in total. The van der Waals surface area contributed by atoms with Gasteiger partial charge in [-0.3, -0.25) is 19.9 Å². The second-order valence-corrected chi connectivity index (χ2v) is 5.86. The monoisotopic (exact) mass is 284 g/mol. The van der Waals surface area contributed by atoms with Crippen LogP contribution >= 0.6 is 0 Å². The van der Waals surface area contributed by atoms with Crippen LogP contribution in [0.4, 0.5) is 0 Å². The second-order valence-electron chi connectivity index (χ2n) is 5.86. The molecule has 2 amide bonds. The highest BCUT2D eigenvalue weighted by atomic mass is 16.2. The molecule has 3 N–H and O–H groups in total. The number of nitrogens with two attached hydrogens (primary N) is 1. The summed E-state index contributed by atoms with van der Waals surface area (Å²) < 4.78 is 0. The zero-order valence-electron chi connectivity index (χ0n) is 12.7. The second kappa shape index (κ2) is 8.92. The molecule has 1 fully saturated rings. The zero-order valence-corrected chi connectivity index (χ0v) is 12.7. The minimum Gasteiger partial charge on any atom is -0.340 e. The molecule has 0 saturated carbocycles. The lowest BCUT2D eigenvalue weighted by molar-refractivity contribution is -0.137. The first-order valence-electron chi connectivity index (χ1n) is 7.52. The highest BCUT2D eigenvalue weighted by molar-refractivity contribution is 5.96. The first-order chi connectivity index (χ1) is 9.52. The van der Waals surface area contributed by atoms with E-state index in [0.29, 0.717) is 13.1 Å². The molecule has 116 valence electrons. The summed E-state index contributed by atoms with van der Waals surface area (Å²) in [6.07, 6.45) is 3.63. The van der Waals surface area contributed by atoms with Crippen LogP contribution in [0.5, 0.6) is 0 Å². The predicted molar refractivity (Wildman–Crippen MR) is 78.7 cm³/mol. The average Bonchev–Trinajstić information content (AvgIpc) is 2.43. The normalized spacial score (nSPS) is 16.5. The number of piperazine rings is 1. The highest BCUT2D eigenvalue weighted by Gasteiger charge is 2.22. The summed E-state index contributed by atoms with van der Waals surface area (Å²) in [7, 11) is 0. The van der Waals surface area contributed by atoms with E-state index in [9.17, 15) is 9.59 Å². The molecule has 0 radical (unpaired) electrons. The molecule has 0 unspecified atom stereocenters. The lowest BCUT2D eigenvalue weighted by Crippen LogP contribution is -2.49. The van der Waals surface area contributed by atoms with Crippen molar-refractivity contribution in [3.05, 3.63) is 0 Å². The summed E-state index contributed by atoms with van der Waals surface area (Å²) in [6.45, 7) is 8.83. The van der Waals surface area contributed by atoms with Crippen LogP contribution in [-0.4, -0.2) is 54.3 Å². The molecule has 1 heterocycles. The van der Waals surface area contributed by atoms with Gasteiger partial charge in [0.15, 0.2) is 0 Å². The maximum absolute atomic E-state index is 11.8. The molecule has 1 rings (SSSR count). The smallest absolute Gasteiger partial charge is 0.243 e. The Hall–Kier alpha value is -1.14. The number of nitrogens with zero attached hydrogens (tertiary/aromatic N) is 2. The maximum Gasteiger partial charge on any atom is 0.243 e. The Bertz CT molecular complexity index is 312. The third kappa shape index (κ3) is 6.34. The Kier molecular flexibility index (Phi) is 7.54. The van der Waals surface area contributed by atoms with E-state index in [-0.39, 0.29) is 12.3 Å². The molecule has 0 aromatic carbocycles. The first kappa shape index (κ1) is 16.9. The van der Waals surface area contributed by atoms with E-state index >= 15 is 0 Å². The Morgan fingerprint density at radius 2 is 1.80 bits per heavy atom. The number of carbonyl (C=O) groups is 2. The van der Waals surface area contributed by atoms with Crippen molar-refractivity contribution in [3.8, 4) is 0 Å². The Balaban J connectivity index is 2.16. The maximum atomic E-state index is 11.8. The number of unbranched alkanes of at least 4 members (excludes halogenated alkanes) is 1. The van der Waals surface area contributed by atoms with E-state index < -0.39 is 5.91 Å². The van der Waals surface area contributed by atoms with Gasteiger partial charge in [0.2, 0.25) is 11.8 Å². The Morgan fingerprint density at radius 3 is 2.35 bits per heavy atom.